The Morgan fingerprint density at radius 1 is 1.40 bits per heavy atom. The summed E-state index contributed by atoms with van der Waals surface area (Å²) in [6.07, 6.45) is 2.83. The van der Waals surface area contributed by atoms with Gasteiger partial charge in [-0.1, -0.05) is 20.8 Å². The van der Waals surface area contributed by atoms with Crippen molar-refractivity contribution < 1.29 is 0 Å². The van der Waals surface area contributed by atoms with Crippen molar-refractivity contribution in [3.63, 3.8) is 0 Å². The third kappa shape index (κ3) is 3.54. The number of nitrogens with zero attached hydrogens (tertiary/aromatic N) is 2. The lowest BCUT2D eigenvalue weighted by Gasteiger charge is -2.26. The van der Waals surface area contributed by atoms with Crippen LogP contribution in [-0.2, 0) is 0 Å². The number of rotatable bonds is 6. The van der Waals surface area contributed by atoms with Crippen molar-refractivity contribution in [1.82, 2.24) is 14.7 Å². The summed E-state index contributed by atoms with van der Waals surface area (Å²) in [5.41, 5.74) is 0. The lowest BCUT2D eigenvalue weighted by Crippen LogP contribution is -2.35. The number of nitrogens with one attached hydrogen (secondary N) is 1. The molecule has 1 heterocycles. The van der Waals surface area contributed by atoms with Crippen LogP contribution < -0.4 is 5.32 Å². The fraction of sp³-hybridized carbons (Fsp3) is 0.818. The van der Waals surface area contributed by atoms with E-state index in [4.69, 9.17) is 0 Å². The molecule has 4 heteroatoms. The molecule has 15 heavy (non-hydrogen) atoms. The second kappa shape index (κ2) is 6.18. The smallest absolute Gasteiger partial charge is 0.129 e. The average molecular weight is 227 g/mol. The molecule has 0 bridgehead atoms. The molecule has 3 nitrogen and oxygen atoms in total. The first kappa shape index (κ1) is 12.6. The lowest BCUT2D eigenvalue weighted by molar-refractivity contribution is 0.376. The van der Waals surface area contributed by atoms with Gasteiger partial charge >= 0.3 is 0 Å². The van der Waals surface area contributed by atoms with Gasteiger partial charge in [0.1, 0.15) is 11.3 Å². The molecule has 2 unspecified atom stereocenters. The fourth-order valence-electron chi connectivity index (χ4n) is 1.90. The van der Waals surface area contributed by atoms with Crippen molar-refractivity contribution in [2.45, 2.75) is 46.1 Å². The first-order valence-electron chi connectivity index (χ1n) is 5.66. The maximum absolute atomic E-state index is 4.33. The largest absolute Gasteiger partial charge is 0.314 e. The van der Waals surface area contributed by atoms with Gasteiger partial charge in [-0.15, -0.1) is 0 Å². The van der Waals surface area contributed by atoms with Crippen LogP contribution >= 0.6 is 11.5 Å². The zero-order valence-corrected chi connectivity index (χ0v) is 10.8. The van der Waals surface area contributed by atoms with E-state index in [0.717, 1.165) is 11.6 Å². The maximum atomic E-state index is 4.33. The molecule has 0 amide bonds. The predicted octanol–water partition coefficient (Wildman–Crippen LogP) is 2.67. The fourth-order valence-corrected chi connectivity index (χ4v) is 2.80. The minimum atomic E-state index is 0.470. The Hall–Kier alpha value is -0.480. The number of hydrogen-bond donors (Lipinski definition) is 1. The minimum Gasteiger partial charge on any atom is -0.314 e. The molecule has 0 spiro atoms. The molecule has 1 aromatic rings. The van der Waals surface area contributed by atoms with Crippen LogP contribution in [0.3, 0.4) is 0 Å². The summed E-state index contributed by atoms with van der Waals surface area (Å²) in [6.45, 7) is 9.99. The third-order valence-corrected chi connectivity index (χ3v) is 3.40. The third-order valence-electron chi connectivity index (χ3n) is 2.64. The van der Waals surface area contributed by atoms with E-state index in [0.29, 0.717) is 17.9 Å². The molecule has 0 saturated carbocycles. The quantitative estimate of drug-likeness (QED) is 0.812. The highest BCUT2D eigenvalue weighted by Crippen LogP contribution is 2.28. The van der Waals surface area contributed by atoms with Crippen LogP contribution in [0.4, 0.5) is 0 Å². The summed E-state index contributed by atoms with van der Waals surface area (Å²) >= 11 is 1.52. The van der Waals surface area contributed by atoms with E-state index >= 15 is 0 Å². The minimum absolute atomic E-state index is 0.470. The first-order chi connectivity index (χ1) is 7.16. The molecule has 2 atom stereocenters. The van der Waals surface area contributed by atoms with E-state index in [9.17, 15) is 0 Å². The van der Waals surface area contributed by atoms with Crippen LogP contribution in [0.1, 0.15) is 45.0 Å². The van der Waals surface area contributed by atoms with Gasteiger partial charge in [0.2, 0.25) is 0 Å². The summed E-state index contributed by atoms with van der Waals surface area (Å²) in [5, 5.41) is 4.69. The average Bonchev–Trinajstić information content (AvgIpc) is 2.67. The Balaban J connectivity index is 2.66. The number of hydrogen-bond acceptors (Lipinski definition) is 4. The second-order valence-corrected chi connectivity index (χ2v) is 5.10. The van der Waals surface area contributed by atoms with Gasteiger partial charge in [0.15, 0.2) is 0 Å². The Labute approximate surface area is 96.5 Å². The summed E-state index contributed by atoms with van der Waals surface area (Å²) < 4.78 is 4.09. The van der Waals surface area contributed by atoms with E-state index < -0.39 is 0 Å². The SMILES string of the molecule is CCCNC(C)C(c1ncns1)C(C)C. The van der Waals surface area contributed by atoms with Crippen LogP contribution in [-0.4, -0.2) is 21.9 Å². The summed E-state index contributed by atoms with van der Waals surface area (Å²) in [4.78, 5) is 4.33. The molecule has 1 aromatic heterocycles. The van der Waals surface area contributed by atoms with Crippen LogP contribution in [0, 0.1) is 5.92 Å². The van der Waals surface area contributed by atoms with Crippen molar-refractivity contribution in [3.05, 3.63) is 11.3 Å². The summed E-state index contributed by atoms with van der Waals surface area (Å²) in [5.74, 6) is 1.07. The van der Waals surface area contributed by atoms with Gasteiger partial charge in [0, 0.05) is 12.0 Å². The van der Waals surface area contributed by atoms with Crippen LogP contribution in [0.5, 0.6) is 0 Å². The molecule has 0 saturated heterocycles. The highest BCUT2D eigenvalue weighted by molar-refractivity contribution is 7.05. The normalized spacial score (nSPS) is 15.5. The molecule has 0 aliphatic carbocycles. The van der Waals surface area contributed by atoms with Crippen molar-refractivity contribution >= 4 is 11.5 Å². The Morgan fingerprint density at radius 2 is 2.13 bits per heavy atom. The molecule has 0 fully saturated rings. The Kier molecular flexibility index (Phi) is 5.19. The van der Waals surface area contributed by atoms with E-state index in [2.05, 4.69) is 42.4 Å². The van der Waals surface area contributed by atoms with Gasteiger partial charge in [-0.05, 0) is 37.3 Å². The van der Waals surface area contributed by atoms with Crippen LogP contribution in [0.25, 0.3) is 0 Å². The molecule has 0 aliphatic rings. The van der Waals surface area contributed by atoms with Gasteiger partial charge < -0.3 is 5.32 Å². The van der Waals surface area contributed by atoms with E-state index in [-0.39, 0.29) is 0 Å². The molecule has 86 valence electrons. The summed E-state index contributed by atoms with van der Waals surface area (Å²) in [7, 11) is 0. The Bertz CT molecular complexity index is 259. The monoisotopic (exact) mass is 227 g/mol. The molecule has 1 N–H and O–H groups in total. The Morgan fingerprint density at radius 3 is 2.60 bits per heavy atom. The van der Waals surface area contributed by atoms with Crippen LogP contribution in [0.2, 0.25) is 0 Å². The van der Waals surface area contributed by atoms with Crippen molar-refractivity contribution in [3.8, 4) is 0 Å². The predicted molar refractivity (Wildman–Crippen MR) is 65.2 cm³/mol. The van der Waals surface area contributed by atoms with Crippen molar-refractivity contribution in [2.24, 2.45) is 5.92 Å². The summed E-state index contributed by atoms with van der Waals surface area (Å²) in [6, 6.07) is 0.470. The van der Waals surface area contributed by atoms with Crippen molar-refractivity contribution in [1.29, 1.82) is 0 Å². The van der Waals surface area contributed by atoms with E-state index in [1.807, 2.05) is 0 Å². The van der Waals surface area contributed by atoms with Crippen LogP contribution in [0.15, 0.2) is 6.33 Å². The van der Waals surface area contributed by atoms with Gasteiger partial charge in [0.05, 0.1) is 0 Å². The maximum Gasteiger partial charge on any atom is 0.129 e. The lowest BCUT2D eigenvalue weighted by atomic mass is 9.90. The zero-order valence-electron chi connectivity index (χ0n) is 10.0. The molecule has 1 rings (SSSR count). The second-order valence-electron chi connectivity index (χ2n) is 4.29. The van der Waals surface area contributed by atoms with Gasteiger partial charge in [0.25, 0.3) is 0 Å². The molecular weight excluding hydrogens is 206 g/mol. The molecule has 0 aromatic carbocycles. The van der Waals surface area contributed by atoms with Gasteiger partial charge in [-0.3, -0.25) is 0 Å². The highest BCUT2D eigenvalue weighted by atomic mass is 32.1. The van der Waals surface area contributed by atoms with Gasteiger partial charge in [-0.2, -0.15) is 4.37 Å². The van der Waals surface area contributed by atoms with E-state index in [1.54, 1.807) is 6.33 Å². The number of aromatic nitrogens is 2. The standard InChI is InChI=1S/C11H21N3S/c1-5-6-12-9(4)10(8(2)3)11-13-7-14-15-11/h7-10,12H,5-6H2,1-4H3. The molecular formula is C11H21N3S. The zero-order chi connectivity index (χ0) is 11.3. The first-order valence-corrected chi connectivity index (χ1v) is 6.44. The highest BCUT2D eigenvalue weighted by Gasteiger charge is 2.24. The van der Waals surface area contributed by atoms with Gasteiger partial charge in [-0.25, -0.2) is 4.98 Å². The molecule has 0 aliphatic heterocycles. The topological polar surface area (TPSA) is 37.8 Å². The van der Waals surface area contributed by atoms with Crippen molar-refractivity contribution in [2.75, 3.05) is 6.54 Å². The molecule has 0 radical (unpaired) electrons. The van der Waals surface area contributed by atoms with E-state index in [1.165, 1.54) is 18.0 Å².